The molecule has 3 rings (SSSR count). The average molecular weight is 372 g/mol. The fourth-order valence-corrected chi connectivity index (χ4v) is 2.68. The Bertz CT molecular complexity index is 1010. The molecule has 0 atom stereocenters. The number of carbonyl (C=O) groups excluding carboxylic acids is 1. The molecule has 0 saturated carbocycles. The summed E-state index contributed by atoms with van der Waals surface area (Å²) < 4.78 is 39.3. The molecule has 0 saturated heterocycles. The van der Waals surface area contributed by atoms with E-state index in [0.717, 1.165) is 28.0 Å². The van der Waals surface area contributed by atoms with Crippen LogP contribution in [0.15, 0.2) is 77.7 Å². The first-order valence-corrected chi connectivity index (χ1v) is 8.07. The van der Waals surface area contributed by atoms with Gasteiger partial charge in [0.2, 0.25) is 5.91 Å². The SMILES string of the molecule is O=C(Cn1cccc(C(F)(F)F)c1=O)Nc1ccccc1-c1ccccc1. The van der Waals surface area contributed by atoms with Gasteiger partial charge in [-0.1, -0.05) is 48.5 Å². The van der Waals surface area contributed by atoms with Gasteiger partial charge in [0.25, 0.3) is 5.56 Å². The van der Waals surface area contributed by atoms with E-state index in [-0.39, 0.29) is 0 Å². The Kier molecular flexibility index (Phi) is 5.12. The van der Waals surface area contributed by atoms with Gasteiger partial charge < -0.3 is 9.88 Å². The quantitative estimate of drug-likeness (QED) is 0.747. The molecule has 27 heavy (non-hydrogen) atoms. The molecule has 3 aromatic rings. The fourth-order valence-electron chi connectivity index (χ4n) is 2.68. The highest BCUT2D eigenvalue weighted by Crippen LogP contribution is 2.28. The van der Waals surface area contributed by atoms with Gasteiger partial charge in [-0.2, -0.15) is 13.2 Å². The van der Waals surface area contributed by atoms with Crippen molar-refractivity contribution in [3.05, 3.63) is 88.8 Å². The van der Waals surface area contributed by atoms with Crippen molar-refractivity contribution >= 4 is 11.6 Å². The molecule has 0 bridgehead atoms. The van der Waals surface area contributed by atoms with E-state index in [1.54, 1.807) is 12.1 Å². The molecular weight excluding hydrogens is 357 g/mol. The van der Waals surface area contributed by atoms with E-state index in [1.165, 1.54) is 0 Å². The van der Waals surface area contributed by atoms with Gasteiger partial charge in [0.15, 0.2) is 0 Å². The molecule has 0 unspecified atom stereocenters. The number of para-hydroxylation sites is 1. The largest absolute Gasteiger partial charge is 0.421 e. The molecule has 0 radical (unpaired) electrons. The first-order valence-electron chi connectivity index (χ1n) is 8.07. The predicted molar refractivity (Wildman–Crippen MR) is 96.2 cm³/mol. The Morgan fingerprint density at radius 2 is 1.59 bits per heavy atom. The molecule has 0 fully saturated rings. The second-order valence-corrected chi connectivity index (χ2v) is 5.81. The minimum absolute atomic E-state index is 0.508. The number of alkyl halides is 3. The number of carbonyl (C=O) groups is 1. The standard InChI is InChI=1S/C20H15F3N2O2/c21-20(22,23)16-10-6-12-25(19(16)27)13-18(26)24-17-11-5-4-9-15(17)14-7-2-1-3-8-14/h1-12H,13H2,(H,24,26). The summed E-state index contributed by atoms with van der Waals surface area (Å²) in [5.41, 5.74) is -0.403. The van der Waals surface area contributed by atoms with Gasteiger partial charge in [0.1, 0.15) is 12.1 Å². The highest BCUT2D eigenvalue weighted by Gasteiger charge is 2.34. The molecule has 1 heterocycles. The van der Waals surface area contributed by atoms with Crippen molar-refractivity contribution in [3.8, 4) is 11.1 Å². The van der Waals surface area contributed by atoms with Crippen LogP contribution in [0.1, 0.15) is 5.56 Å². The van der Waals surface area contributed by atoms with E-state index < -0.39 is 29.8 Å². The zero-order valence-corrected chi connectivity index (χ0v) is 14.0. The number of pyridine rings is 1. The number of nitrogens with one attached hydrogen (secondary N) is 1. The van der Waals surface area contributed by atoms with Crippen LogP contribution in [0.2, 0.25) is 0 Å². The van der Waals surface area contributed by atoms with Gasteiger partial charge in [0.05, 0.1) is 0 Å². The second kappa shape index (κ2) is 7.49. The highest BCUT2D eigenvalue weighted by atomic mass is 19.4. The van der Waals surface area contributed by atoms with Crippen LogP contribution in [0.25, 0.3) is 11.1 Å². The normalized spacial score (nSPS) is 11.2. The van der Waals surface area contributed by atoms with Gasteiger partial charge in [-0.25, -0.2) is 0 Å². The summed E-state index contributed by atoms with van der Waals surface area (Å²) in [5, 5.41) is 2.66. The molecule has 0 aliphatic rings. The van der Waals surface area contributed by atoms with Crippen molar-refractivity contribution in [2.45, 2.75) is 12.7 Å². The molecule has 1 N–H and O–H groups in total. The molecule has 0 spiro atoms. The van der Waals surface area contributed by atoms with Crippen LogP contribution in [0.3, 0.4) is 0 Å². The first kappa shape index (κ1) is 18.4. The molecule has 2 aromatic carbocycles. The Morgan fingerprint density at radius 3 is 2.30 bits per heavy atom. The van der Waals surface area contributed by atoms with E-state index >= 15 is 0 Å². The lowest BCUT2D eigenvalue weighted by molar-refractivity contribution is -0.139. The molecule has 1 amide bonds. The highest BCUT2D eigenvalue weighted by molar-refractivity contribution is 5.95. The number of halogens is 3. The van der Waals surface area contributed by atoms with Crippen molar-refractivity contribution in [2.75, 3.05) is 5.32 Å². The third-order valence-electron chi connectivity index (χ3n) is 3.93. The molecule has 7 heteroatoms. The van der Waals surface area contributed by atoms with E-state index in [2.05, 4.69) is 5.32 Å². The smallest absolute Gasteiger partial charge is 0.324 e. The van der Waals surface area contributed by atoms with Crippen molar-refractivity contribution in [1.82, 2.24) is 4.57 Å². The second-order valence-electron chi connectivity index (χ2n) is 5.81. The zero-order chi connectivity index (χ0) is 19.4. The van der Waals surface area contributed by atoms with Crippen LogP contribution in [0.5, 0.6) is 0 Å². The maximum atomic E-state index is 12.8. The number of benzene rings is 2. The number of rotatable bonds is 4. The Balaban J connectivity index is 1.84. The molecule has 0 aliphatic heterocycles. The van der Waals surface area contributed by atoms with Crippen molar-refractivity contribution in [1.29, 1.82) is 0 Å². The van der Waals surface area contributed by atoms with E-state index in [0.29, 0.717) is 11.8 Å². The monoisotopic (exact) mass is 372 g/mol. The number of anilines is 1. The number of aromatic nitrogens is 1. The zero-order valence-electron chi connectivity index (χ0n) is 14.0. The van der Waals surface area contributed by atoms with Gasteiger partial charge in [-0.05, 0) is 23.8 Å². The number of nitrogens with zero attached hydrogens (tertiary/aromatic N) is 1. The lowest BCUT2D eigenvalue weighted by Crippen LogP contribution is -2.32. The predicted octanol–water partition coefficient (Wildman–Crippen LogP) is 4.17. The van der Waals surface area contributed by atoms with Gasteiger partial charge in [-0.15, -0.1) is 0 Å². The lowest BCUT2D eigenvalue weighted by Gasteiger charge is -2.13. The minimum atomic E-state index is -4.77. The van der Waals surface area contributed by atoms with Gasteiger partial charge in [-0.3, -0.25) is 9.59 Å². The van der Waals surface area contributed by atoms with Crippen LogP contribution in [-0.2, 0) is 17.5 Å². The van der Waals surface area contributed by atoms with Crippen LogP contribution in [-0.4, -0.2) is 10.5 Å². The van der Waals surface area contributed by atoms with E-state index in [9.17, 15) is 22.8 Å². The summed E-state index contributed by atoms with van der Waals surface area (Å²) in [5.74, 6) is -0.597. The van der Waals surface area contributed by atoms with Crippen molar-refractivity contribution in [3.63, 3.8) is 0 Å². The molecule has 0 aliphatic carbocycles. The van der Waals surface area contributed by atoms with Crippen molar-refractivity contribution < 1.29 is 18.0 Å². The Labute approximate surface area is 152 Å². The summed E-state index contributed by atoms with van der Waals surface area (Å²) in [4.78, 5) is 24.3. The van der Waals surface area contributed by atoms with E-state index in [1.807, 2.05) is 42.5 Å². The first-order chi connectivity index (χ1) is 12.9. The summed E-state index contributed by atoms with van der Waals surface area (Å²) >= 11 is 0. The Morgan fingerprint density at radius 1 is 0.926 bits per heavy atom. The average Bonchev–Trinajstić information content (AvgIpc) is 2.63. The number of amides is 1. The summed E-state index contributed by atoms with van der Waals surface area (Å²) in [6, 6.07) is 18.2. The summed E-state index contributed by atoms with van der Waals surface area (Å²) in [6.45, 7) is -0.522. The molecule has 138 valence electrons. The number of hydrogen-bond donors (Lipinski definition) is 1. The van der Waals surface area contributed by atoms with Gasteiger partial charge >= 0.3 is 6.18 Å². The molecule has 1 aromatic heterocycles. The lowest BCUT2D eigenvalue weighted by atomic mass is 10.0. The Hall–Kier alpha value is -3.35. The molecular formula is C20H15F3N2O2. The van der Waals surface area contributed by atoms with E-state index in [4.69, 9.17) is 0 Å². The summed E-state index contributed by atoms with van der Waals surface area (Å²) in [7, 11) is 0. The molecule has 4 nitrogen and oxygen atoms in total. The minimum Gasteiger partial charge on any atom is -0.324 e. The maximum absolute atomic E-state index is 12.8. The number of hydrogen-bond acceptors (Lipinski definition) is 2. The fraction of sp³-hybridized carbons (Fsp3) is 0.100. The third kappa shape index (κ3) is 4.25. The van der Waals surface area contributed by atoms with Gasteiger partial charge in [0, 0.05) is 17.4 Å². The van der Waals surface area contributed by atoms with Crippen LogP contribution < -0.4 is 10.9 Å². The topological polar surface area (TPSA) is 51.1 Å². The van der Waals surface area contributed by atoms with Crippen LogP contribution in [0.4, 0.5) is 18.9 Å². The van der Waals surface area contributed by atoms with Crippen LogP contribution in [0, 0.1) is 0 Å². The maximum Gasteiger partial charge on any atom is 0.421 e. The van der Waals surface area contributed by atoms with Crippen LogP contribution >= 0.6 is 0 Å². The summed E-state index contributed by atoms with van der Waals surface area (Å²) in [6.07, 6.45) is -3.61. The van der Waals surface area contributed by atoms with Crippen molar-refractivity contribution in [2.24, 2.45) is 0 Å². The third-order valence-corrected chi connectivity index (χ3v) is 3.93.